The average Bonchev–Trinajstić information content (AvgIpc) is 2.76. The van der Waals surface area contributed by atoms with Crippen LogP contribution in [0.15, 0.2) is 71.0 Å². The maximum atomic E-state index is 12.2. The lowest BCUT2D eigenvalue weighted by Gasteiger charge is -2.05. The molecule has 0 amide bonds. The zero-order chi connectivity index (χ0) is 20.2. The SMILES string of the molecule is O=c1[nH]c(SCCCCOCCCc2ccccc2)ncc1Cc1cccnc1. The Morgan fingerprint density at radius 2 is 1.76 bits per heavy atom. The number of unbranched alkanes of at least 4 members (excludes halogenated alkanes) is 1. The predicted molar refractivity (Wildman–Crippen MR) is 117 cm³/mol. The van der Waals surface area contributed by atoms with E-state index in [0.29, 0.717) is 17.1 Å². The van der Waals surface area contributed by atoms with Crippen molar-refractivity contribution in [3.05, 3.63) is 88.1 Å². The summed E-state index contributed by atoms with van der Waals surface area (Å²) in [7, 11) is 0. The number of H-pyrrole nitrogens is 1. The summed E-state index contributed by atoms with van der Waals surface area (Å²) in [6, 6.07) is 14.3. The molecule has 0 aliphatic rings. The van der Waals surface area contributed by atoms with Gasteiger partial charge in [-0.05, 0) is 42.9 Å². The molecular weight excluding hydrogens is 382 g/mol. The molecule has 0 radical (unpaired) electrons. The van der Waals surface area contributed by atoms with Crippen LogP contribution in [0.5, 0.6) is 0 Å². The van der Waals surface area contributed by atoms with E-state index in [4.69, 9.17) is 4.74 Å². The third-order valence-electron chi connectivity index (χ3n) is 4.49. The minimum atomic E-state index is -0.0758. The second-order valence-corrected chi connectivity index (χ2v) is 7.92. The van der Waals surface area contributed by atoms with Gasteiger partial charge >= 0.3 is 0 Å². The molecule has 0 atom stereocenters. The lowest BCUT2D eigenvalue weighted by atomic mass is 10.1. The Balaban J connectivity index is 1.27. The fraction of sp³-hybridized carbons (Fsp3) is 0.348. The number of aromatic amines is 1. The molecule has 0 saturated carbocycles. The monoisotopic (exact) mass is 409 g/mol. The van der Waals surface area contributed by atoms with Gasteiger partial charge in [-0.15, -0.1) is 0 Å². The van der Waals surface area contributed by atoms with E-state index in [0.717, 1.165) is 50.2 Å². The number of thioether (sulfide) groups is 1. The van der Waals surface area contributed by atoms with Crippen LogP contribution in [0.1, 0.15) is 36.0 Å². The molecule has 1 N–H and O–H groups in total. The van der Waals surface area contributed by atoms with E-state index in [9.17, 15) is 4.79 Å². The number of hydrogen-bond donors (Lipinski definition) is 1. The number of ether oxygens (including phenoxy) is 1. The zero-order valence-corrected chi connectivity index (χ0v) is 17.4. The Kier molecular flexibility index (Phi) is 8.94. The average molecular weight is 410 g/mol. The second-order valence-electron chi connectivity index (χ2n) is 6.84. The lowest BCUT2D eigenvalue weighted by Crippen LogP contribution is -2.14. The van der Waals surface area contributed by atoms with E-state index >= 15 is 0 Å². The standard InChI is InChI=1S/C23H27N3O2S/c27-22-21(16-20-10-6-12-24-17-20)18-25-23(26-22)29-15-5-4-13-28-14-7-11-19-8-2-1-3-9-19/h1-3,6,8-10,12,17-18H,4-5,7,11,13-16H2,(H,25,26,27). The van der Waals surface area contributed by atoms with E-state index in [1.807, 2.05) is 18.2 Å². The number of benzene rings is 1. The topological polar surface area (TPSA) is 67.9 Å². The Morgan fingerprint density at radius 1 is 0.931 bits per heavy atom. The van der Waals surface area contributed by atoms with E-state index in [1.54, 1.807) is 30.4 Å². The summed E-state index contributed by atoms with van der Waals surface area (Å²) in [6.45, 7) is 1.58. The molecule has 152 valence electrons. The van der Waals surface area contributed by atoms with Crippen molar-refractivity contribution in [1.29, 1.82) is 0 Å². The molecule has 2 aromatic heterocycles. The van der Waals surface area contributed by atoms with Gasteiger partial charge in [0.2, 0.25) is 0 Å². The van der Waals surface area contributed by atoms with Gasteiger partial charge in [-0.2, -0.15) is 0 Å². The molecule has 0 bridgehead atoms. The van der Waals surface area contributed by atoms with Gasteiger partial charge in [-0.3, -0.25) is 9.78 Å². The fourth-order valence-corrected chi connectivity index (χ4v) is 3.76. The van der Waals surface area contributed by atoms with Gasteiger partial charge in [0.05, 0.1) is 0 Å². The van der Waals surface area contributed by atoms with Crippen LogP contribution in [0.4, 0.5) is 0 Å². The van der Waals surface area contributed by atoms with Crippen molar-refractivity contribution < 1.29 is 4.74 Å². The Hall–Kier alpha value is -2.44. The van der Waals surface area contributed by atoms with Gasteiger partial charge in [0.1, 0.15) is 0 Å². The predicted octanol–water partition coefficient (Wildman–Crippen LogP) is 4.28. The van der Waals surface area contributed by atoms with Gasteiger partial charge in [-0.1, -0.05) is 48.2 Å². The van der Waals surface area contributed by atoms with Crippen LogP contribution in [0.2, 0.25) is 0 Å². The first-order chi connectivity index (χ1) is 14.3. The van der Waals surface area contributed by atoms with Crippen LogP contribution in [-0.4, -0.2) is 33.9 Å². The van der Waals surface area contributed by atoms with Gasteiger partial charge in [0.25, 0.3) is 5.56 Å². The summed E-state index contributed by atoms with van der Waals surface area (Å²) in [4.78, 5) is 23.6. The molecule has 0 unspecified atom stereocenters. The van der Waals surface area contributed by atoms with Crippen LogP contribution < -0.4 is 5.56 Å². The number of nitrogens with one attached hydrogen (secondary N) is 1. The maximum Gasteiger partial charge on any atom is 0.255 e. The third-order valence-corrected chi connectivity index (χ3v) is 5.46. The molecule has 0 aliphatic carbocycles. The number of aromatic nitrogens is 3. The van der Waals surface area contributed by atoms with Crippen molar-refractivity contribution in [2.45, 2.75) is 37.3 Å². The summed E-state index contributed by atoms with van der Waals surface area (Å²) in [5, 5.41) is 0.675. The van der Waals surface area contributed by atoms with Gasteiger partial charge in [0.15, 0.2) is 5.16 Å². The molecule has 2 heterocycles. The zero-order valence-electron chi connectivity index (χ0n) is 16.5. The van der Waals surface area contributed by atoms with Gasteiger partial charge < -0.3 is 9.72 Å². The number of rotatable bonds is 12. The maximum absolute atomic E-state index is 12.2. The highest BCUT2D eigenvalue weighted by molar-refractivity contribution is 7.99. The minimum Gasteiger partial charge on any atom is -0.381 e. The van der Waals surface area contributed by atoms with Crippen LogP contribution in [0, 0.1) is 0 Å². The molecule has 1 aromatic carbocycles. The number of nitrogens with zero attached hydrogens (tertiary/aromatic N) is 2. The number of hydrogen-bond acceptors (Lipinski definition) is 5. The molecule has 0 fully saturated rings. The molecule has 6 heteroatoms. The Bertz CT molecular complexity index is 901. The Labute approximate surface area is 176 Å². The van der Waals surface area contributed by atoms with E-state index in [2.05, 4.69) is 39.2 Å². The van der Waals surface area contributed by atoms with Crippen molar-refractivity contribution in [1.82, 2.24) is 15.0 Å². The summed E-state index contributed by atoms with van der Waals surface area (Å²) < 4.78 is 5.71. The first-order valence-corrected chi connectivity index (χ1v) is 11.0. The van der Waals surface area contributed by atoms with Crippen LogP contribution in [-0.2, 0) is 17.6 Å². The summed E-state index contributed by atoms with van der Waals surface area (Å²) in [6.07, 6.45) is 9.87. The van der Waals surface area contributed by atoms with Crippen molar-refractivity contribution in [2.75, 3.05) is 19.0 Å². The normalized spacial score (nSPS) is 10.9. The van der Waals surface area contributed by atoms with Crippen molar-refractivity contribution >= 4 is 11.8 Å². The van der Waals surface area contributed by atoms with E-state index in [-0.39, 0.29) is 5.56 Å². The quantitative estimate of drug-likeness (QED) is 0.275. The highest BCUT2D eigenvalue weighted by atomic mass is 32.2. The van der Waals surface area contributed by atoms with Gasteiger partial charge in [0, 0.05) is 49.5 Å². The fourth-order valence-electron chi connectivity index (χ4n) is 2.93. The summed E-state index contributed by atoms with van der Waals surface area (Å²) >= 11 is 1.58. The molecule has 0 aliphatic heterocycles. The minimum absolute atomic E-state index is 0.0758. The van der Waals surface area contributed by atoms with Crippen molar-refractivity contribution in [3.8, 4) is 0 Å². The molecule has 0 saturated heterocycles. The molecule has 0 spiro atoms. The summed E-state index contributed by atoms with van der Waals surface area (Å²) in [5.74, 6) is 0.915. The molecule has 3 rings (SSSR count). The third kappa shape index (κ3) is 7.83. The van der Waals surface area contributed by atoms with Crippen LogP contribution in [0.3, 0.4) is 0 Å². The van der Waals surface area contributed by atoms with Crippen LogP contribution >= 0.6 is 11.8 Å². The Morgan fingerprint density at radius 3 is 2.55 bits per heavy atom. The smallest absolute Gasteiger partial charge is 0.255 e. The second kappa shape index (κ2) is 12.2. The van der Waals surface area contributed by atoms with E-state index < -0.39 is 0 Å². The molecule has 3 aromatic rings. The molecular formula is C23H27N3O2S. The largest absolute Gasteiger partial charge is 0.381 e. The van der Waals surface area contributed by atoms with Crippen molar-refractivity contribution in [2.24, 2.45) is 0 Å². The lowest BCUT2D eigenvalue weighted by molar-refractivity contribution is 0.129. The summed E-state index contributed by atoms with van der Waals surface area (Å²) in [5.41, 5.74) is 2.95. The first kappa shape index (κ1) is 21.3. The first-order valence-electron chi connectivity index (χ1n) is 10.0. The van der Waals surface area contributed by atoms with Crippen LogP contribution in [0.25, 0.3) is 0 Å². The number of aryl methyl sites for hydroxylation is 1. The highest BCUT2D eigenvalue weighted by Gasteiger charge is 2.05. The molecule has 29 heavy (non-hydrogen) atoms. The highest BCUT2D eigenvalue weighted by Crippen LogP contribution is 2.14. The van der Waals surface area contributed by atoms with Crippen molar-refractivity contribution in [3.63, 3.8) is 0 Å². The number of pyridine rings is 1. The van der Waals surface area contributed by atoms with Gasteiger partial charge in [-0.25, -0.2) is 4.98 Å². The van der Waals surface area contributed by atoms with E-state index in [1.165, 1.54) is 5.56 Å². The molecule has 5 nitrogen and oxygen atoms in total.